The first-order chi connectivity index (χ1) is 15.9. The summed E-state index contributed by atoms with van der Waals surface area (Å²) >= 11 is 0. The summed E-state index contributed by atoms with van der Waals surface area (Å²) in [7, 11) is 0. The van der Waals surface area contributed by atoms with E-state index in [1.54, 1.807) is 12.3 Å². The van der Waals surface area contributed by atoms with Gasteiger partial charge in [-0.1, -0.05) is 6.08 Å². The van der Waals surface area contributed by atoms with Crippen LogP contribution in [0.1, 0.15) is 25.3 Å². The van der Waals surface area contributed by atoms with E-state index in [1.165, 1.54) is 0 Å². The van der Waals surface area contributed by atoms with Gasteiger partial charge in [0.15, 0.2) is 0 Å². The van der Waals surface area contributed by atoms with Gasteiger partial charge in [-0.2, -0.15) is 5.26 Å². The molecule has 2 amide bonds. The Labute approximate surface area is 194 Å². The average molecular weight is 451 g/mol. The van der Waals surface area contributed by atoms with Crippen LogP contribution in [0.4, 0.5) is 5.82 Å². The van der Waals surface area contributed by atoms with Gasteiger partial charge in [-0.15, -0.1) is 0 Å². The van der Waals surface area contributed by atoms with Gasteiger partial charge in [0, 0.05) is 44.6 Å². The molecular formula is C24H30N6O3. The summed E-state index contributed by atoms with van der Waals surface area (Å²) in [6.45, 7) is 6.14. The first kappa shape index (κ1) is 23.0. The minimum absolute atomic E-state index is 0.0276. The minimum Gasteiger partial charge on any atom is -0.388 e. The number of aliphatic hydroxyl groups excluding tert-OH is 1. The third-order valence-electron chi connectivity index (χ3n) is 6.57. The number of nitriles is 1. The van der Waals surface area contributed by atoms with E-state index in [1.807, 2.05) is 30.0 Å². The van der Waals surface area contributed by atoms with Crippen molar-refractivity contribution < 1.29 is 14.7 Å². The zero-order chi connectivity index (χ0) is 23.4. The molecule has 0 bridgehead atoms. The summed E-state index contributed by atoms with van der Waals surface area (Å²) < 4.78 is 0. The Balaban J connectivity index is 1.21. The molecule has 33 heavy (non-hydrogen) atoms. The molecule has 4 rings (SSSR count). The first-order valence-corrected chi connectivity index (χ1v) is 11.4. The monoisotopic (exact) mass is 450 g/mol. The van der Waals surface area contributed by atoms with Crippen molar-refractivity contribution in [3.63, 3.8) is 0 Å². The number of aliphatic hydroxyl groups is 1. The van der Waals surface area contributed by atoms with E-state index in [4.69, 9.17) is 5.26 Å². The van der Waals surface area contributed by atoms with Crippen LogP contribution in [0.2, 0.25) is 0 Å². The number of hydrogen-bond donors (Lipinski definition) is 2. The number of nitrogens with zero attached hydrogens (tertiary/aromatic N) is 5. The van der Waals surface area contributed by atoms with Crippen LogP contribution in [0.5, 0.6) is 0 Å². The number of hydrogen-bond acceptors (Lipinski definition) is 7. The van der Waals surface area contributed by atoms with Gasteiger partial charge in [-0.05, 0) is 50.1 Å². The maximum atomic E-state index is 12.8. The normalized spacial score (nSPS) is 23.5. The molecule has 2 aliphatic heterocycles. The maximum absolute atomic E-state index is 12.8. The van der Waals surface area contributed by atoms with Gasteiger partial charge in [-0.25, -0.2) is 4.98 Å². The van der Waals surface area contributed by atoms with E-state index in [9.17, 15) is 14.7 Å². The third-order valence-corrected chi connectivity index (χ3v) is 6.57. The lowest BCUT2D eigenvalue weighted by Gasteiger charge is -2.36. The SMILES string of the molecule is CC1=CC(NC(=O)[C@@H]2CCN(CC(=O)N3CCN(c4ccc(C#N)cn4)CC3)C2)=CCC1O. The predicted octanol–water partition coefficient (Wildman–Crippen LogP) is 0.635. The van der Waals surface area contributed by atoms with Crippen LogP contribution in [0, 0.1) is 17.2 Å². The van der Waals surface area contributed by atoms with Crippen molar-refractivity contribution in [2.75, 3.05) is 50.7 Å². The Morgan fingerprint density at radius 2 is 2.03 bits per heavy atom. The van der Waals surface area contributed by atoms with Crippen molar-refractivity contribution in [3.8, 4) is 6.07 Å². The number of piperazine rings is 1. The molecule has 1 unspecified atom stereocenters. The van der Waals surface area contributed by atoms with Crippen molar-refractivity contribution in [2.45, 2.75) is 25.9 Å². The topological polar surface area (TPSA) is 113 Å². The molecule has 9 nitrogen and oxygen atoms in total. The fourth-order valence-corrected chi connectivity index (χ4v) is 4.46. The van der Waals surface area contributed by atoms with Crippen molar-refractivity contribution in [1.29, 1.82) is 5.26 Å². The van der Waals surface area contributed by atoms with Gasteiger partial charge in [-0.3, -0.25) is 14.5 Å². The van der Waals surface area contributed by atoms with Crippen LogP contribution in [0.3, 0.4) is 0 Å². The van der Waals surface area contributed by atoms with Crippen LogP contribution in [0.25, 0.3) is 0 Å². The highest BCUT2D eigenvalue weighted by atomic mass is 16.3. The van der Waals surface area contributed by atoms with Crippen molar-refractivity contribution in [1.82, 2.24) is 20.1 Å². The number of nitrogens with one attached hydrogen (secondary N) is 1. The van der Waals surface area contributed by atoms with E-state index < -0.39 is 6.10 Å². The number of allylic oxidation sites excluding steroid dienone is 1. The van der Waals surface area contributed by atoms with Gasteiger partial charge in [0.2, 0.25) is 11.8 Å². The second kappa shape index (κ2) is 10.1. The Morgan fingerprint density at radius 3 is 2.70 bits per heavy atom. The van der Waals surface area contributed by atoms with Crippen LogP contribution < -0.4 is 10.2 Å². The fourth-order valence-electron chi connectivity index (χ4n) is 4.46. The summed E-state index contributed by atoms with van der Waals surface area (Å²) in [5, 5.41) is 21.6. The molecule has 0 aromatic carbocycles. The highest BCUT2D eigenvalue weighted by molar-refractivity contribution is 5.82. The number of likely N-dealkylation sites (tertiary alicyclic amines) is 1. The van der Waals surface area contributed by atoms with Crippen LogP contribution in [-0.2, 0) is 9.59 Å². The molecule has 174 valence electrons. The number of anilines is 1. The summed E-state index contributed by atoms with van der Waals surface area (Å²) in [5.74, 6) is 0.742. The highest BCUT2D eigenvalue weighted by Crippen LogP contribution is 2.20. The van der Waals surface area contributed by atoms with Crippen molar-refractivity contribution in [2.24, 2.45) is 5.92 Å². The molecule has 0 saturated carbocycles. The van der Waals surface area contributed by atoms with E-state index in [0.29, 0.717) is 51.3 Å². The number of carbonyl (C=O) groups excluding carboxylic acids is 2. The summed E-state index contributed by atoms with van der Waals surface area (Å²) in [4.78, 5) is 35.9. The predicted molar refractivity (Wildman–Crippen MR) is 123 cm³/mol. The number of pyridine rings is 1. The van der Waals surface area contributed by atoms with Gasteiger partial charge in [0.05, 0.1) is 24.1 Å². The summed E-state index contributed by atoms with van der Waals surface area (Å²) in [5.41, 5.74) is 2.12. The van der Waals surface area contributed by atoms with E-state index in [-0.39, 0.29) is 17.7 Å². The molecule has 2 atom stereocenters. The van der Waals surface area contributed by atoms with Crippen molar-refractivity contribution in [3.05, 3.63) is 47.3 Å². The molecule has 9 heteroatoms. The number of carbonyl (C=O) groups is 2. The largest absolute Gasteiger partial charge is 0.388 e. The second-order valence-corrected chi connectivity index (χ2v) is 8.89. The second-order valence-electron chi connectivity index (χ2n) is 8.89. The highest BCUT2D eigenvalue weighted by Gasteiger charge is 2.31. The molecule has 2 saturated heterocycles. The summed E-state index contributed by atoms with van der Waals surface area (Å²) in [6, 6.07) is 5.67. The smallest absolute Gasteiger partial charge is 0.236 e. The molecule has 1 aromatic heterocycles. The average Bonchev–Trinajstić information content (AvgIpc) is 3.30. The zero-order valence-electron chi connectivity index (χ0n) is 18.9. The third kappa shape index (κ3) is 5.59. The molecular weight excluding hydrogens is 420 g/mol. The Morgan fingerprint density at radius 1 is 1.24 bits per heavy atom. The molecule has 3 heterocycles. The van der Waals surface area contributed by atoms with Crippen molar-refractivity contribution >= 4 is 17.6 Å². The summed E-state index contributed by atoms with van der Waals surface area (Å²) in [6.07, 6.45) is 6.00. The van der Waals surface area contributed by atoms with Crippen LogP contribution in [0.15, 0.2) is 41.8 Å². The fraction of sp³-hybridized carbons (Fsp3) is 0.500. The Kier molecular flexibility index (Phi) is 7.06. The Bertz CT molecular complexity index is 988. The maximum Gasteiger partial charge on any atom is 0.236 e. The molecule has 2 N–H and O–H groups in total. The quantitative estimate of drug-likeness (QED) is 0.677. The van der Waals surface area contributed by atoms with Gasteiger partial charge in [0.25, 0.3) is 0 Å². The molecule has 2 fully saturated rings. The first-order valence-electron chi connectivity index (χ1n) is 11.4. The van der Waals surface area contributed by atoms with E-state index in [2.05, 4.69) is 26.2 Å². The lowest BCUT2D eigenvalue weighted by molar-refractivity contribution is -0.133. The van der Waals surface area contributed by atoms with Crippen LogP contribution in [-0.4, -0.2) is 83.6 Å². The van der Waals surface area contributed by atoms with Gasteiger partial charge < -0.3 is 20.2 Å². The van der Waals surface area contributed by atoms with E-state index >= 15 is 0 Å². The zero-order valence-corrected chi connectivity index (χ0v) is 18.9. The molecule has 0 spiro atoms. The minimum atomic E-state index is -0.471. The Hall–Kier alpha value is -3.22. The lowest BCUT2D eigenvalue weighted by atomic mass is 10.0. The molecule has 1 aromatic rings. The van der Waals surface area contributed by atoms with Gasteiger partial charge in [0.1, 0.15) is 11.9 Å². The molecule has 0 radical (unpaired) electrons. The lowest BCUT2D eigenvalue weighted by Crippen LogP contribution is -2.51. The number of rotatable bonds is 5. The number of aromatic nitrogens is 1. The van der Waals surface area contributed by atoms with E-state index in [0.717, 1.165) is 30.1 Å². The standard InChI is InChI=1S/C24H30N6O3/c1-17-12-20(3-4-21(17)31)27-24(33)19-6-7-28(15-19)16-23(32)30-10-8-29(9-11-30)22-5-2-18(13-25)14-26-22/h2-3,5,12,14,19,21,31H,4,6-11,15-16H2,1H3,(H,27,33)/t19-,21?/m1/s1. The molecule has 3 aliphatic rings. The molecule has 1 aliphatic carbocycles. The van der Waals surface area contributed by atoms with Crippen LogP contribution >= 0.6 is 0 Å². The van der Waals surface area contributed by atoms with Gasteiger partial charge >= 0.3 is 0 Å². The number of amides is 2.